The molecule has 0 aliphatic rings. The maximum atomic E-state index is 12.6. The van der Waals surface area contributed by atoms with Crippen LogP contribution in [0.3, 0.4) is 0 Å². The molecule has 1 amide bonds. The Morgan fingerprint density at radius 3 is 2.71 bits per heavy atom. The monoisotopic (exact) mass is 376 g/mol. The Hall–Kier alpha value is -3.41. The zero-order chi connectivity index (χ0) is 19.8. The molecule has 3 aromatic heterocycles. The fourth-order valence-electron chi connectivity index (χ4n) is 3.51. The third kappa shape index (κ3) is 3.07. The van der Waals surface area contributed by atoms with Crippen LogP contribution in [0, 0.1) is 20.8 Å². The molecule has 0 aliphatic heterocycles. The lowest BCUT2D eigenvalue weighted by Gasteiger charge is -2.10. The number of hydrogen-bond donors (Lipinski definition) is 1. The number of aryl methyl sites for hydroxylation is 3. The van der Waals surface area contributed by atoms with Gasteiger partial charge >= 0.3 is 5.63 Å². The normalized spacial score (nSPS) is 11.2. The Labute approximate surface area is 161 Å². The van der Waals surface area contributed by atoms with Crippen LogP contribution in [0.15, 0.2) is 50.5 Å². The number of nitrogens with zero attached hydrogens (tertiary/aromatic N) is 1. The average Bonchev–Trinajstić information content (AvgIpc) is 3.05. The van der Waals surface area contributed by atoms with E-state index in [0.717, 1.165) is 33.0 Å². The molecule has 0 spiro atoms. The van der Waals surface area contributed by atoms with Crippen LogP contribution in [0.4, 0.5) is 5.69 Å². The molecule has 0 bridgehead atoms. The molecule has 28 heavy (non-hydrogen) atoms. The van der Waals surface area contributed by atoms with Gasteiger partial charge in [-0.25, -0.2) is 4.79 Å². The highest BCUT2D eigenvalue weighted by molar-refractivity contribution is 5.99. The van der Waals surface area contributed by atoms with E-state index >= 15 is 0 Å². The summed E-state index contributed by atoms with van der Waals surface area (Å²) in [5, 5.41) is 4.65. The molecule has 1 N–H and O–H groups in total. The number of nitrogens with one attached hydrogen (secondary N) is 1. The Morgan fingerprint density at radius 1 is 1.14 bits per heavy atom. The lowest BCUT2D eigenvalue weighted by Crippen LogP contribution is -2.16. The SMILES string of the molecule is Cc1coc2c(C)c3oc(=O)c(CCC(=O)Nc4cccnc4)c(C)c3cc12. The smallest absolute Gasteiger partial charge is 0.339 e. The minimum absolute atomic E-state index is 0.177. The summed E-state index contributed by atoms with van der Waals surface area (Å²) >= 11 is 0. The highest BCUT2D eigenvalue weighted by atomic mass is 16.4. The van der Waals surface area contributed by atoms with Gasteiger partial charge in [0.1, 0.15) is 11.2 Å². The number of rotatable bonds is 4. The predicted molar refractivity (Wildman–Crippen MR) is 108 cm³/mol. The second-order valence-electron chi connectivity index (χ2n) is 6.96. The van der Waals surface area contributed by atoms with Gasteiger partial charge in [-0.1, -0.05) is 0 Å². The quantitative estimate of drug-likeness (QED) is 0.533. The number of amides is 1. The van der Waals surface area contributed by atoms with Gasteiger partial charge in [-0.3, -0.25) is 9.78 Å². The van der Waals surface area contributed by atoms with Crippen molar-refractivity contribution in [1.82, 2.24) is 4.98 Å². The Kier molecular flexibility index (Phi) is 4.47. The van der Waals surface area contributed by atoms with Crippen LogP contribution in [-0.2, 0) is 11.2 Å². The molecule has 0 saturated carbocycles. The van der Waals surface area contributed by atoms with E-state index in [1.54, 1.807) is 30.8 Å². The van der Waals surface area contributed by atoms with Crippen LogP contribution in [0.2, 0.25) is 0 Å². The molecule has 0 radical (unpaired) electrons. The van der Waals surface area contributed by atoms with Gasteiger partial charge in [0.25, 0.3) is 0 Å². The van der Waals surface area contributed by atoms with E-state index < -0.39 is 5.63 Å². The van der Waals surface area contributed by atoms with Gasteiger partial charge in [-0.15, -0.1) is 0 Å². The van der Waals surface area contributed by atoms with Crippen molar-refractivity contribution in [3.05, 3.63) is 69.5 Å². The standard InChI is InChI=1S/C22H20N2O4/c1-12-11-27-20-14(3)21-18(9-17(12)20)13(2)16(22(26)28-21)6-7-19(25)24-15-5-4-8-23-10-15/h4-5,8-11H,6-7H2,1-3H3,(H,24,25). The highest BCUT2D eigenvalue weighted by Crippen LogP contribution is 2.32. The molecule has 0 atom stereocenters. The fourth-order valence-corrected chi connectivity index (χ4v) is 3.51. The van der Waals surface area contributed by atoms with Crippen molar-refractivity contribution in [3.8, 4) is 0 Å². The number of carbonyl (C=O) groups excluding carboxylic acids is 1. The van der Waals surface area contributed by atoms with Gasteiger partial charge in [0.05, 0.1) is 18.1 Å². The number of benzene rings is 1. The summed E-state index contributed by atoms with van der Waals surface area (Å²) in [7, 11) is 0. The van der Waals surface area contributed by atoms with Crippen molar-refractivity contribution in [2.45, 2.75) is 33.6 Å². The van der Waals surface area contributed by atoms with Gasteiger partial charge in [0.15, 0.2) is 0 Å². The molecule has 6 heteroatoms. The van der Waals surface area contributed by atoms with Gasteiger partial charge in [0, 0.05) is 34.5 Å². The number of aromatic nitrogens is 1. The maximum Gasteiger partial charge on any atom is 0.339 e. The van der Waals surface area contributed by atoms with Gasteiger partial charge in [0.2, 0.25) is 5.91 Å². The number of furan rings is 1. The zero-order valence-electron chi connectivity index (χ0n) is 16.0. The first-order valence-electron chi connectivity index (χ1n) is 9.09. The third-order valence-corrected chi connectivity index (χ3v) is 5.08. The van der Waals surface area contributed by atoms with Crippen LogP contribution in [0.5, 0.6) is 0 Å². The molecule has 0 saturated heterocycles. The summed E-state index contributed by atoms with van der Waals surface area (Å²) in [6.45, 7) is 5.76. The number of fused-ring (bicyclic) bond motifs is 2. The van der Waals surface area contributed by atoms with E-state index in [1.807, 2.05) is 26.8 Å². The van der Waals surface area contributed by atoms with E-state index in [4.69, 9.17) is 8.83 Å². The molecule has 6 nitrogen and oxygen atoms in total. The summed E-state index contributed by atoms with van der Waals surface area (Å²) in [5.41, 5.74) is 4.68. The minimum atomic E-state index is -0.412. The molecule has 0 unspecified atom stereocenters. The number of carbonyl (C=O) groups is 1. The number of pyridine rings is 1. The molecular formula is C22H20N2O4. The molecule has 4 aromatic rings. The summed E-state index contributed by atoms with van der Waals surface area (Å²) in [6, 6.07) is 5.51. The first kappa shape index (κ1) is 18.0. The number of anilines is 1. The Morgan fingerprint density at radius 2 is 1.96 bits per heavy atom. The maximum absolute atomic E-state index is 12.6. The van der Waals surface area contributed by atoms with Crippen LogP contribution in [0.25, 0.3) is 21.9 Å². The lowest BCUT2D eigenvalue weighted by atomic mass is 9.98. The number of hydrogen-bond acceptors (Lipinski definition) is 5. The summed E-state index contributed by atoms with van der Waals surface area (Å²) < 4.78 is 11.2. The van der Waals surface area contributed by atoms with E-state index in [1.165, 1.54) is 0 Å². The molecule has 0 aliphatic carbocycles. The Balaban J connectivity index is 1.67. The molecule has 4 rings (SSSR count). The van der Waals surface area contributed by atoms with E-state index in [2.05, 4.69) is 10.3 Å². The van der Waals surface area contributed by atoms with Crippen molar-refractivity contribution >= 4 is 33.5 Å². The second-order valence-corrected chi connectivity index (χ2v) is 6.96. The predicted octanol–water partition coefficient (Wildman–Crippen LogP) is 4.43. The second kappa shape index (κ2) is 6.96. The topological polar surface area (TPSA) is 85.3 Å². The summed E-state index contributed by atoms with van der Waals surface area (Å²) in [5.74, 6) is -0.177. The first-order chi connectivity index (χ1) is 13.5. The van der Waals surface area contributed by atoms with Crippen LogP contribution < -0.4 is 10.9 Å². The fraction of sp³-hybridized carbons (Fsp3) is 0.227. The summed E-state index contributed by atoms with van der Waals surface area (Å²) in [6.07, 6.45) is 5.40. The van der Waals surface area contributed by atoms with Crippen LogP contribution in [-0.4, -0.2) is 10.9 Å². The molecular weight excluding hydrogens is 356 g/mol. The Bertz CT molecular complexity index is 1250. The van der Waals surface area contributed by atoms with Crippen LogP contribution in [0.1, 0.15) is 28.7 Å². The van der Waals surface area contributed by atoms with Crippen molar-refractivity contribution in [3.63, 3.8) is 0 Å². The van der Waals surface area contributed by atoms with Gasteiger partial charge < -0.3 is 14.2 Å². The van der Waals surface area contributed by atoms with Crippen molar-refractivity contribution in [2.24, 2.45) is 0 Å². The van der Waals surface area contributed by atoms with Crippen molar-refractivity contribution < 1.29 is 13.6 Å². The molecule has 0 fully saturated rings. The third-order valence-electron chi connectivity index (χ3n) is 5.08. The van der Waals surface area contributed by atoms with Crippen molar-refractivity contribution in [2.75, 3.05) is 5.32 Å². The molecule has 1 aromatic carbocycles. The van der Waals surface area contributed by atoms with E-state index in [-0.39, 0.29) is 12.3 Å². The molecule has 3 heterocycles. The summed E-state index contributed by atoms with van der Waals surface area (Å²) in [4.78, 5) is 28.8. The first-order valence-corrected chi connectivity index (χ1v) is 9.09. The van der Waals surface area contributed by atoms with Gasteiger partial charge in [-0.05, 0) is 56.5 Å². The molecule has 142 valence electrons. The van der Waals surface area contributed by atoms with Gasteiger partial charge in [-0.2, -0.15) is 0 Å². The lowest BCUT2D eigenvalue weighted by molar-refractivity contribution is -0.116. The zero-order valence-corrected chi connectivity index (χ0v) is 16.0. The highest BCUT2D eigenvalue weighted by Gasteiger charge is 2.18. The van der Waals surface area contributed by atoms with E-state index in [9.17, 15) is 9.59 Å². The average molecular weight is 376 g/mol. The van der Waals surface area contributed by atoms with Crippen LogP contribution >= 0.6 is 0 Å². The van der Waals surface area contributed by atoms with E-state index in [0.29, 0.717) is 23.3 Å². The minimum Gasteiger partial charge on any atom is -0.464 e. The van der Waals surface area contributed by atoms with Crippen molar-refractivity contribution in [1.29, 1.82) is 0 Å². The largest absolute Gasteiger partial charge is 0.464 e.